The number of amides is 1. The molecule has 4 heteroatoms. The summed E-state index contributed by atoms with van der Waals surface area (Å²) in [5.74, 6) is -0.220. The molecule has 0 aromatic heterocycles. The van der Waals surface area contributed by atoms with Gasteiger partial charge in [0.1, 0.15) is 0 Å². The average Bonchev–Trinajstić information content (AvgIpc) is 1.82. The number of rotatable bonds is 3. The second-order valence-corrected chi connectivity index (χ2v) is 1.70. The first-order valence-corrected chi connectivity index (χ1v) is 2.44. The molecule has 0 spiro atoms. The third kappa shape index (κ3) is 3.52. The van der Waals surface area contributed by atoms with Crippen molar-refractivity contribution in [3.63, 3.8) is 0 Å². The Bertz CT molecular complexity index is 111. The lowest BCUT2D eigenvalue weighted by Gasteiger charge is -2.07. The van der Waals surface area contributed by atoms with Crippen molar-refractivity contribution in [1.29, 1.82) is 0 Å². The molecule has 0 aromatic rings. The summed E-state index contributed by atoms with van der Waals surface area (Å²) in [6.07, 6.45) is 0. The first-order chi connectivity index (χ1) is 4.18. The predicted octanol–water partition coefficient (Wildman–Crippen LogP) is -0.752. The summed E-state index contributed by atoms with van der Waals surface area (Å²) >= 11 is 0. The first kappa shape index (κ1) is 7.94. The van der Waals surface area contributed by atoms with E-state index < -0.39 is 0 Å². The minimum absolute atomic E-state index is 0.170. The third-order valence-corrected chi connectivity index (χ3v) is 0.774. The maximum absolute atomic E-state index is 10.5. The molecule has 4 nitrogen and oxygen atoms in total. The molecule has 0 aliphatic heterocycles. The molecule has 0 radical (unpaired) electrons. The fourth-order valence-electron chi connectivity index (χ4n) is 0.234. The quantitative estimate of drug-likeness (QED) is 0.473. The zero-order chi connectivity index (χ0) is 7.28. The van der Waals surface area contributed by atoms with E-state index in [4.69, 9.17) is 0 Å². The van der Waals surface area contributed by atoms with Gasteiger partial charge in [0.2, 0.25) is 0 Å². The van der Waals surface area contributed by atoms with Gasteiger partial charge in [-0.2, -0.15) is 0 Å². The van der Waals surface area contributed by atoms with E-state index in [2.05, 4.69) is 4.74 Å². The molecule has 0 saturated carbocycles. The number of likely N-dealkylation sites (N-methyl/N-ethyl adjacent to an activating group) is 1. The first-order valence-electron chi connectivity index (χ1n) is 2.44. The SMILES string of the molecule is CN(C)C(=O)COC=O. The summed E-state index contributed by atoms with van der Waals surface area (Å²) in [5, 5.41) is 0. The van der Waals surface area contributed by atoms with Gasteiger partial charge in [-0.05, 0) is 0 Å². The molecule has 0 unspecified atom stereocenters. The van der Waals surface area contributed by atoms with Crippen LogP contribution in [0, 0.1) is 0 Å². The lowest BCUT2D eigenvalue weighted by atomic mass is 10.6. The Morgan fingerprint density at radius 3 is 2.56 bits per heavy atom. The van der Waals surface area contributed by atoms with E-state index in [1.165, 1.54) is 4.90 Å². The van der Waals surface area contributed by atoms with Crippen molar-refractivity contribution in [2.45, 2.75) is 0 Å². The zero-order valence-corrected chi connectivity index (χ0v) is 5.46. The highest BCUT2D eigenvalue weighted by atomic mass is 16.5. The summed E-state index contributed by atoms with van der Waals surface area (Å²) in [4.78, 5) is 21.4. The Morgan fingerprint density at radius 1 is 1.67 bits per heavy atom. The van der Waals surface area contributed by atoms with Gasteiger partial charge in [0.25, 0.3) is 12.4 Å². The van der Waals surface area contributed by atoms with Crippen LogP contribution in [0.1, 0.15) is 0 Å². The fourth-order valence-corrected chi connectivity index (χ4v) is 0.234. The molecule has 0 aromatic carbocycles. The second-order valence-electron chi connectivity index (χ2n) is 1.70. The summed E-state index contributed by atoms with van der Waals surface area (Å²) in [5.41, 5.74) is 0. The van der Waals surface area contributed by atoms with Gasteiger partial charge in [0.15, 0.2) is 6.61 Å². The highest BCUT2D eigenvalue weighted by Crippen LogP contribution is 1.77. The number of hydrogen-bond acceptors (Lipinski definition) is 3. The van der Waals surface area contributed by atoms with Gasteiger partial charge in [-0.1, -0.05) is 0 Å². The molecule has 1 amide bonds. The van der Waals surface area contributed by atoms with Crippen LogP contribution in [-0.4, -0.2) is 38.0 Å². The minimum Gasteiger partial charge on any atom is -0.458 e. The van der Waals surface area contributed by atoms with E-state index in [0.717, 1.165) is 0 Å². The molecule has 0 aliphatic carbocycles. The van der Waals surface area contributed by atoms with Crippen LogP contribution in [0.3, 0.4) is 0 Å². The molecule has 0 fully saturated rings. The van der Waals surface area contributed by atoms with Crippen LogP contribution in [0.15, 0.2) is 0 Å². The van der Waals surface area contributed by atoms with Crippen LogP contribution >= 0.6 is 0 Å². The van der Waals surface area contributed by atoms with Gasteiger partial charge < -0.3 is 9.64 Å². The Hall–Kier alpha value is -1.06. The monoisotopic (exact) mass is 131 g/mol. The zero-order valence-electron chi connectivity index (χ0n) is 5.46. The lowest BCUT2D eigenvalue weighted by molar-refractivity contribution is -0.141. The van der Waals surface area contributed by atoms with Crippen LogP contribution < -0.4 is 0 Å². The Morgan fingerprint density at radius 2 is 2.22 bits per heavy atom. The highest BCUT2D eigenvalue weighted by molar-refractivity contribution is 5.77. The standard InChI is InChI=1S/C5H9NO3/c1-6(2)5(8)3-9-4-7/h4H,3H2,1-2H3. The van der Waals surface area contributed by atoms with E-state index in [-0.39, 0.29) is 19.0 Å². The molecular formula is C5H9NO3. The van der Waals surface area contributed by atoms with Crippen molar-refractivity contribution in [1.82, 2.24) is 4.90 Å². The van der Waals surface area contributed by atoms with E-state index in [1.807, 2.05) is 0 Å². The van der Waals surface area contributed by atoms with Crippen LogP contribution in [0.4, 0.5) is 0 Å². The van der Waals surface area contributed by atoms with Gasteiger partial charge in [-0.3, -0.25) is 9.59 Å². The van der Waals surface area contributed by atoms with Gasteiger partial charge >= 0.3 is 0 Å². The number of carbonyl (C=O) groups is 2. The summed E-state index contributed by atoms with van der Waals surface area (Å²) in [6.45, 7) is 0.0812. The van der Waals surface area contributed by atoms with Crippen LogP contribution in [0.2, 0.25) is 0 Å². The van der Waals surface area contributed by atoms with Gasteiger partial charge in [0, 0.05) is 14.1 Å². The van der Waals surface area contributed by atoms with Crippen LogP contribution in [-0.2, 0) is 14.3 Å². The summed E-state index contributed by atoms with van der Waals surface area (Å²) < 4.78 is 4.18. The van der Waals surface area contributed by atoms with Crippen molar-refractivity contribution in [3.05, 3.63) is 0 Å². The Labute approximate surface area is 53.4 Å². The van der Waals surface area contributed by atoms with Gasteiger partial charge in [-0.15, -0.1) is 0 Å². The number of ether oxygens (including phenoxy) is 1. The third-order valence-electron chi connectivity index (χ3n) is 0.774. The van der Waals surface area contributed by atoms with Crippen molar-refractivity contribution < 1.29 is 14.3 Å². The van der Waals surface area contributed by atoms with E-state index in [9.17, 15) is 9.59 Å². The molecule has 0 atom stereocenters. The van der Waals surface area contributed by atoms with E-state index in [0.29, 0.717) is 0 Å². The number of hydrogen-bond donors (Lipinski definition) is 0. The Balaban J connectivity index is 3.38. The fraction of sp³-hybridized carbons (Fsp3) is 0.600. The molecule has 0 bridgehead atoms. The normalized spacial score (nSPS) is 8.22. The van der Waals surface area contributed by atoms with Crippen LogP contribution in [0.5, 0.6) is 0 Å². The highest BCUT2D eigenvalue weighted by Gasteiger charge is 2.01. The topological polar surface area (TPSA) is 46.6 Å². The maximum Gasteiger partial charge on any atom is 0.293 e. The smallest absolute Gasteiger partial charge is 0.293 e. The van der Waals surface area contributed by atoms with E-state index in [1.54, 1.807) is 14.1 Å². The van der Waals surface area contributed by atoms with Crippen molar-refractivity contribution in [3.8, 4) is 0 Å². The minimum atomic E-state index is -0.220. The van der Waals surface area contributed by atoms with Gasteiger partial charge in [-0.25, -0.2) is 0 Å². The number of nitrogens with zero attached hydrogens (tertiary/aromatic N) is 1. The molecule has 0 heterocycles. The molecule has 9 heavy (non-hydrogen) atoms. The van der Waals surface area contributed by atoms with Gasteiger partial charge in [0.05, 0.1) is 0 Å². The maximum atomic E-state index is 10.5. The second kappa shape index (κ2) is 3.88. The van der Waals surface area contributed by atoms with Crippen molar-refractivity contribution in [2.75, 3.05) is 20.7 Å². The molecule has 0 aliphatic rings. The Kier molecular flexibility index (Phi) is 3.43. The summed E-state index contributed by atoms with van der Waals surface area (Å²) in [6, 6.07) is 0. The molecule has 0 saturated heterocycles. The average molecular weight is 131 g/mol. The predicted molar refractivity (Wildman–Crippen MR) is 30.7 cm³/mol. The lowest BCUT2D eigenvalue weighted by Crippen LogP contribution is -2.25. The summed E-state index contributed by atoms with van der Waals surface area (Å²) in [7, 11) is 3.19. The van der Waals surface area contributed by atoms with E-state index >= 15 is 0 Å². The van der Waals surface area contributed by atoms with Crippen molar-refractivity contribution in [2.24, 2.45) is 0 Å². The molecule has 52 valence electrons. The molecule has 0 rings (SSSR count). The molecular weight excluding hydrogens is 122 g/mol. The van der Waals surface area contributed by atoms with Crippen LogP contribution in [0.25, 0.3) is 0 Å². The molecule has 0 N–H and O–H groups in total. The number of carbonyl (C=O) groups excluding carboxylic acids is 2. The largest absolute Gasteiger partial charge is 0.458 e. The van der Waals surface area contributed by atoms with Crippen molar-refractivity contribution >= 4 is 12.4 Å².